The van der Waals surface area contributed by atoms with Gasteiger partial charge in [-0.2, -0.15) is 0 Å². The Hall–Kier alpha value is -1.07. The first-order valence-electron chi connectivity index (χ1n) is 6.69. The molecule has 4 nitrogen and oxygen atoms in total. The molecule has 1 aromatic carbocycles. The number of hydrogen-bond donors (Lipinski definition) is 2. The Bertz CT molecular complexity index is 485. The van der Waals surface area contributed by atoms with E-state index in [1.165, 1.54) is 6.42 Å². The summed E-state index contributed by atoms with van der Waals surface area (Å²) >= 11 is 3.41. The maximum Gasteiger partial charge on any atom is 0.321 e. The maximum atomic E-state index is 12.2. The van der Waals surface area contributed by atoms with Gasteiger partial charge in [-0.25, -0.2) is 4.79 Å². The molecule has 1 aromatic rings. The first-order chi connectivity index (χ1) is 9.17. The molecule has 1 spiro atoms. The lowest BCUT2D eigenvalue weighted by Crippen LogP contribution is -2.36. The second-order valence-electron chi connectivity index (χ2n) is 5.54. The fourth-order valence-electron chi connectivity index (χ4n) is 3.02. The summed E-state index contributed by atoms with van der Waals surface area (Å²) in [6.45, 7) is 3.87. The Kier molecular flexibility index (Phi) is 3.50. The number of likely N-dealkylation sites (tertiary alicyclic amines) is 1. The van der Waals surface area contributed by atoms with E-state index < -0.39 is 0 Å². The molecule has 2 fully saturated rings. The number of urea groups is 1. The summed E-state index contributed by atoms with van der Waals surface area (Å²) in [6.07, 6.45) is 2.31. The van der Waals surface area contributed by atoms with Gasteiger partial charge in [0.1, 0.15) is 0 Å². The second kappa shape index (κ2) is 5.13. The number of hydrogen-bond acceptors (Lipinski definition) is 2. The van der Waals surface area contributed by atoms with Gasteiger partial charge in [0.05, 0.1) is 0 Å². The standard InChI is InChI=1S/C14H18BrN3O/c15-11-2-1-3-12(8-11)17-13(19)18-7-5-14(10-18)4-6-16-9-14/h1-3,8,16H,4-7,9-10H2,(H,17,19). The number of carbonyl (C=O) groups is 1. The first kappa shape index (κ1) is 12.9. The zero-order valence-electron chi connectivity index (χ0n) is 10.8. The van der Waals surface area contributed by atoms with Crippen LogP contribution in [0.1, 0.15) is 12.8 Å². The summed E-state index contributed by atoms with van der Waals surface area (Å²) in [4.78, 5) is 14.2. The van der Waals surface area contributed by atoms with Crippen LogP contribution in [0.15, 0.2) is 28.7 Å². The van der Waals surface area contributed by atoms with Gasteiger partial charge in [-0.1, -0.05) is 22.0 Å². The van der Waals surface area contributed by atoms with E-state index in [0.29, 0.717) is 5.41 Å². The van der Waals surface area contributed by atoms with Gasteiger partial charge in [0.2, 0.25) is 0 Å². The lowest BCUT2D eigenvalue weighted by atomic mass is 9.87. The number of anilines is 1. The molecular weight excluding hydrogens is 306 g/mol. The molecule has 5 heteroatoms. The zero-order chi connectivity index (χ0) is 13.3. The van der Waals surface area contributed by atoms with Crippen LogP contribution in [-0.4, -0.2) is 37.1 Å². The number of nitrogens with zero attached hydrogens (tertiary/aromatic N) is 1. The molecule has 102 valence electrons. The van der Waals surface area contributed by atoms with Crippen LogP contribution >= 0.6 is 15.9 Å². The summed E-state index contributed by atoms with van der Waals surface area (Å²) in [6, 6.07) is 7.71. The quantitative estimate of drug-likeness (QED) is 0.834. The van der Waals surface area contributed by atoms with Gasteiger partial charge in [-0.05, 0) is 37.6 Å². The minimum Gasteiger partial charge on any atom is -0.324 e. The van der Waals surface area contributed by atoms with Crippen molar-refractivity contribution in [3.63, 3.8) is 0 Å². The predicted molar refractivity (Wildman–Crippen MR) is 79.3 cm³/mol. The molecule has 1 unspecified atom stereocenters. The highest BCUT2D eigenvalue weighted by atomic mass is 79.9. The summed E-state index contributed by atoms with van der Waals surface area (Å²) in [5.74, 6) is 0. The predicted octanol–water partition coefficient (Wildman–Crippen LogP) is 2.67. The molecule has 2 amide bonds. The number of nitrogens with one attached hydrogen (secondary N) is 2. The van der Waals surface area contributed by atoms with Gasteiger partial charge < -0.3 is 15.5 Å². The highest BCUT2D eigenvalue weighted by molar-refractivity contribution is 9.10. The average molecular weight is 324 g/mol. The minimum atomic E-state index is 0.0156. The Morgan fingerprint density at radius 1 is 1.42 bits per heavy atom. The van der Waals surface area contributed by atoms with Gasteiger partial charge in [-0.15, -0.1) is 0 Å². The highest BCUT2D eigenvalue weighted by Crippen LogP contribution is 2.36. The van der Waals surface area contributed by atoms with E-state index in [1.807, 2.05) is 29.2 Å². The fraction of sp³-hybridized carbons (Fsp3) is 0.500. The van der Waals surface area contributed by atoms with Gasteiger partial charge in [0.25, 0.3) is 0 Å². The van der Waals surface area contributed by atoms with Gasteiger partial charge in [0.15, 0.2) is 0 Å². The molecule has 19 heavy (non-hydrogen) atoms. The molecule has 2 aliphatic rings. The van der Waals surface area contributed by atoms with Crippen LogP contribution in [0, 0.1) is 5.41 Å². The Balaban J connectivity index is 1.62. The molecular formula is C14H18BrN3O. The van der Waals surface area contributed by atoms with Crippen molar-refractivity contribution >= 4 is 27.6 Å². The van der Waals surface area contributed by atoms with Crippen LogP contribution in [0.25, 0.3) is 0 Å². The zero-order valence-corrected chi connectivity index (χ0v) is 12.4. The van der Waals surface area contributed by atoms with E-state index in [2.05, 4.69) is 26.6 Å². The van der Waals surface area contributed by atoms with Crippen molar-refractivity contribution in [3.8, 4) is 0 Å². The molecule has 0 bridgehead atoms. The number of halogens is 1. The third-order valence-electron chi connectivity index (χ3n) is 4.13. The summed E-state index contributed by atoms with van der Waals surface area (Å²) < 4.78 is 0.975. The van der Waals surface area contributed by atoms with E-state index in [1.54, 1.807) is 0 Å². The Morgan fingerprint density at radius 2 is 2.32 bits per heavy atom. The molecule has 1 atom stereocenters. The molecule has 0 aliphatic carbocycles. The first-order valence-corrected chi connectivity index (χ1v) is 7.48. The Labute approximate surface area is 121 Å². The summed E-state index contributed by atoms with van der Waals surface area (Å²) in [5, 5.41) is 6.37. The minimum absolute atomic E-state index is 0.0156. The van der Waals surface area contributed by atoms with Crippen molar-refractivity contribution in [3.05, 3.63) is 28.7 Å². The van der Waals surface area contributed by atoms with Crippen LogP contribution in [0.2, 0.25) is 0 Å². The molecule has 3 rings (SSSR count). The van der Waals surface area contributed by atoms with E-state index >= 15 is 0 Å². The molecule has 2 aliphatic heterocycles. The van der Waals surface area contributed by atoms with Crippen LogP contribution in [-0.2, 0) is 0 Å². The van der Waals surface area contributed by atoms with Crippen LogP contribution in [0.3, 0.4) is 0 Å². The van der Waals surface area contributed by atoms with Crippen molar-refractivity contribution in [1.82, 2.24) is 10.2 Å². The van der Waals surface area contributed by atoms with Crippen molar-refractivity contribution < 1.29 is 4.79 Å². The van der Waals surface area contributed by atoms with Crippen molar-refractivity contribution in [1.29, 1.82) is 0 Å². The van der Waals surface area contributed by atoms with Crippen molar-refractivity contribution in [2.45, 2.75) is 12.8 Å². The molecule has 0 aromatic heterocycles. The van der Waals surface area contributed by atoms with Crippen molar-refractivity contribution in [2.24, 2.45) is 5.41 Å². The largest absolute Gasteiger partial charge is 0.324 e. The topological polar surface area (TPSA) is 44.4 Å². The normalized spacial score (nSPS) is 26.1. The SMILES string of the molecule is O=C(Nc1cccc(Br)c1)N1CCC2(CCNC2)C1. The average Bonchev–Trinajstić information content (AvgIpc) is 3.00. The number of rotatable bonds is 1. The fourth-order valence-corrected chi connectivity index (χ4v) is 3.42. The van der Waals surface area contributed by atoms with Crippen LogP contribution < -0.4 is 10.6 Å². The monoisotopic (exact) mass is 323 g/mol. The Morgan fingerprint density at radius 3 is 3.05 bits per heavy atom. The lowest BCUT2D eigenvalue weighted by Gasteiger charge is -2.23. The molecule has 2 heterocycles. The van der Waals surface area contributed by atoms with E-state index in [-0.39, 0.29) is 6.03 Å². The highest BCUT2D eigenvalue weighted by Gasteiger charge is 2.41. The van der Waals surface area contributed by atoms with Crippen LogP contribution in [0.5, 0.6) is 0 Å². The van der Waals surface area contributed by atoms with E-state index in [0.717, 1.165) is 42.8 Å². The maximum absolute atomic E-state index is 12.2. The summed E-state index contributed by atoms with van der Waals surface area (Å²) in [7, 11) is 0. The smallest absolute Gasteiger partial charge is 0.321 e. The number of benzene rings is 1. The third-order valence-corrected chi connectivity index (χ3v) is 4.63. The molecule has 0 saturated carbocycles. The van der Waals surface area contributed by atoms with Gasteiger partial charge in [0, 0.05) is 35.2 Å². The van der Waals surface area contributed by atoms with E-state index in [9.17, 15) is 4.79 Å². The van der Waals surface area contributed by atoms with Gasteiger partial charge >= 0.3 is 6.03 Å². The summed E-state index contributed by atoms with van der Waals surface area (Å²) in [5.41, 5.74) is 1.17. The van der Waals surface area contributed by atoms with Crippen LogP contribution in [0.4, 0.5) is 10.5 Å². The second-order valence-corrected chi connectivity index (χ2v) is 6.45. The van der Waals surface area contributed by atoms with Gasteiger partial charge in [-0.3, -0.25) is 0 Å². The number of amides is 2. The third kappa shape index (κ3) is 2.77. The molecule has 2 saturated heterocycles. The number of carbonyl (C=O) groups excluding carboxylic acids is 1. The van der Waals surface area contributed by atoms with Crippen molar-refractivity contribution in [2.75, 3.05) is 31.5 Å². The lowest BCUT2D eigenvalue weighted by molar-refractivity contribution is 0.215. The molecule has 2 N–H and O–H groups in total. The molecule has 0 radical (unpaired) electrons. The van der Waals surface area contributed by atoms with E-state index in [4.69, 9.17) is 0 Å².